The number of aromatic nitrogens is 2. The Morgan fingerprint density at radius 1 is 0.867 bits per heavy atom. The number of halogens is 1. The molecule has 0 spiro atoms. The highest BCUT2D eigenvalue weighted by Crippen LogP contribution is 2.17. The molecule has 4 heteroatoms. The molecule has 0 saturated heterocycles. The van der Waals surface area contributed by atoms with Crippen LogP contribution in [0.4, 0.5) is 11.6 Å². The zero-order valence-electron chi connectivity index (χ0n) is 8.37. The fourth-order valence-corrected chi connectivity index (χ4v) is 1.22. The Bertz CT molecular complexity index is 352. The topological polar surface area (TPSA) is 29.0 Å². The summed E-state index contributed by atoms with van der Waals surface area (Å²) in [6.07, 6.45) is 3.55. The standard InChI is InChI=1S/C11H11N3.ClH/c1-14(10-6-2-4-8-12-10)11-7-3-5-9-13-11;/h2-9H,1H3;1H. The van der Waals surface area contributed by atoms with E-state index in [1.54, 1.807) is 12.4 Å². The van der Waals surface area contributed by atoms with Crippen molar-refractivity contribution in [2.45, 2.75) is 0 Å². The maximum Gasteiger partial charge on any atom is 0.133 e. The van der Waals surface area contributed by atoms with Crippen molar-refractivity contribution in [1.29, 1.82) is 0 Å². The number of hydrogen-bond acceptors (Lipinski definition) is 3. The molecule has 0 aliphatic heterocycles. The van der Waals surface area contributed by atoms with E-state index in [1.807, 2.05) is 48.3 Å². The third-order valence-electron chi connectivity index (χ3n) is 1.99. The highest BCUT2D eigenvalue weighted by Gasteiger charge is 2.03. The molecule has 0 bridgehead atoms. The van der Waals surface area contributed by atoms with Crippen LogP contribution < -0.4 is 4.90 Å². The molecule has 0 amide bonds. The van der Waals surface area contributed by atoms with Gasteiger partial charge >= 0.3 is 0 Å². The summed E-state index contributed by atoms with van der Waals surface area (Å²) in [5.41, 5.74) is 0. The van der Waals surface area contributed by atoms with E-state index in [4.69, 9.17) is 0 Å². The molecule has 0 fully saturated rings. The van der Waals surface area contributed by atoms with Crippen LogP contribution in [0.25, 0.3) is 0 Å². The first-order valence-corrected chi connectivity index (χ1v) is 4.44. The first kappa shape index (κ1) is 11.5. The Hall–Kier alpha value is -1.61. The minimum Gasteiger partial charge on any atom is -0.314 e. The Morgan fingerprint density at radius 2 is 1.33 bits per heavy atom. The normalized spacial score (nSPS) is 9.13. The van der Waals surface area contributed by atoms with E-state index in [-0.39, 0.29) is 12.4 Å². The highest BCUT2D eigenvalue weighted by molar-refractivity contribution is 5.85. The van der Waals surface area contributed by atoms with E-state index < -0.39 is 0 Å². The second kappa shape index (κ2) is 5.32. The van der Waals surface area contributed by atoms with Gasteiger partial charge in [0.1, 0.15) is 11.6 Å². The van der Waals surface area contributed by atoms with Gasteiger partial charge in [0, 0.05) is 19.4 Å². The molecule has 2 heterocycles. The summed E-state index contributed by atoms with van der Waals surface area (Å²) in [6.45, 7) is 0. The van der Waals surface area contributed by atoms with Crippen LogP contribution in [0.2, 0.25) is 0 Å². The fraction of sp³-hybridized carbons (Fsp3) is 0.0909. The molecule has 0 saturated carbocycles. The van der Waals surface area contributed by atoms with Crippen LogP contribution in [0.3, 0.4) is 0 Å². The average Bonchev–Trinajstić information content (AvgIpc) is 2.30. The van der Waals surface area contributed by atoms with Crippen molar-refractivity contribution < 1.29 is 0 Å². The summed E-state index contributed by atoms with van der Waals surface area (Å²) in [4.78, 5) is 10.4. The van der Waals surface area contributed by atoms with E-state index in [9.17, 15) is 0 Å². The smallest absolute Gasteiger partial charge is 0.133 e. The van der Waals surface area contributed by atoms with Gasteiger partial charge in [-0.1, -0.05) is 12.1 Å². The molecule has 0 radical (unpaired) electrons. The fourth-order valence-electron chi connectivity index (χ4n) is 1.22. The first-order chi connectivity index (χ1) is 6.88. The molecular weight excluding hydrogens is 210 g/mol. The predicted molar refractivity (Wildman–Crippen MR) is 63.8 cm³/mol. The summed E-state index contributed by atoms with van der Waals surface area (Å²) in [5, 5.41) is 0. The molecule has 0 unspecified atom stereocenters. The monoisotopic (exact) mass is 221 g/mol. The quantitative estimate of drug-likeness (QED) is 0.781. The lowest BCUT2D eigenvalue weighted by Crippen LogP contribution is -2.11. The van der Waals surface area contributed by atoms with Crippen molar-refractivity contribution >= 4 is 24.0 Å². The maximum atomic E-state index is 4.24. The predicted octanol–water partition coefficient (Wildman–Crippen LogP) is 2.67. The molecule has 2 rings (SSSR count). The van der Waals surface area contributed by atoms with Crippen LogP contribution in [0.15, 0.2) is 48.8 Å². The van der Waals surface area contributed by atoms with Gasteiger partial charge in [0.15, 0.2) is 0 Å². The van der Waals surface area contributed by atoms with Crippen molar-refractivity contribution in [1.82, 2.24) is 9.97 Å². The number of nitrogens with zero attached hydrogens (tertiary/aromatic N) is 3. The first-order valence-electron chi connectivity index (χ1n) is 4.44. The Labute approximate surface area is 95.2 Å². The van der Waals surface area contributed by atoms with Crippen LogP contribution in [0, 0.1) is 0 Å². The summed E-state index contributed by atoms with van der Waals surface area (Å²) < 4.78 is 0. The van der Waals surface area contributed by atoms with Crippen LogP contribution in [-0.2, 0) is 0 Å². The third-order valence-corrected chi connectivity index (χ3v) is 1.99. The molecule has 0 N–H and O–H groups in total. The number of anilines is 2. The summed E-state index contributed by atoms with van der Waals surface area (Å²) in [6, 6.07) is 11.6. The van der Waals surface area contributed by atoms with Gasteiger partial charge in [0.25, 0.3) is 0 Å². The van der Waals surface area contributed by atoms with Crippen LogP contribution in [-0.4, -0.2) is 17.0 Å². The SMILES string of the molecule is CN(c1ccccn1)c1ccccn1.Cl. The minimum atomic E-state index is 0. The van der Waals surface area contributed by atoms with Gasteiger partial charge in [-0.15, -0.1) is 12.4 Å². The van der Waals surface area contributed by atoms with E-state index in [0.717, 1.165) is 11.6 Å². The van der Waals surface area contributed by atoms with E-state index >= 15 is 0 Å². The van der Waals surface area contributed by atoms with Gasteiger partial charge in [0.05, 0.1) is 0 Å². The second-order valence-electron chi connectivity index (χ2n) is 2.93. The van der Waals surface area contributed by atoms with Crippen molar-refractivity contribution in [3.63, 3.8) is 0 Å². The number of pyridine rings is 2. The van der Waals surface area contributed by atoms with Gasteiger partial charge in [-0.3, -0.25) is 0 Å². The van der Waals surface area contributed by atoms with Crippen molar-refractivity contribution in [3.8, 4) is 0 Å². The van der Waals surface area contributed by atoms with Crippen LogP contribution >= 0.6 is 12.4 Å². The van der Waals surface area contributed by atoms with Crippen molar-refractivity contribution in [2.75, 3.05) is 11.9 Å². The van der Waals surface area contributed by atoms with Gasteiger partial charge in [0.2, 0.25) is 0 Å². The van der Waals surface area contributed by atoms with Crippen molar-refractivity contribution in [3.05, 3.63) is 48.8 Å². The lowest BCUT2D eigenvalue weighted by Gasteiger charge is -2.16. The highest BCUT2D eigenvalue weighted by atomic mass is 35.5. The van der Waals surface area contributed by atoms with E-state index in [2.05, 4.69) is 9.97 Å². The third kappa shape index (κ3) is 2.67. The lowest BCUT2D eigenvalue weighted by molar-refractivity contribution is 1.08. The zero-order valence-corrected chi connectivity index (χ0v) is 9.19. The summed E-state index contributed by atoms with van der Waals surface area (Å²) in [7, 11) is 1.95. The molecular formula is C11H12ClN3. The molecule has 15 heavy (non-hydrogen) atoms. The molecule has 0 aliphatic carbocycles. The Morgan fingerprint density at radius 3 is 1.67 bits per heavy atom. The van der Waals surface area contributed by atoms with Gasteiger partial charge in [-0.25, -0.2) is 9.97 Å². The molecule has 2 aromatic rings. The molecule has 0 aromatic carbocycles. The number of hydrogen-bond donors (Lipinski definition) is 0. The van der Waals surface area contributed by atoms with Gasteiger partial charge < -0.3 is 4.90 Å². The molecule has 78 valence electrons. The largest absolute Gasteiger partial charge is 0.314 e. The maximum absolute atomic E-state index is 4.24. The average molecular weight is 222 g/mol. The molecule has 2 aromatic heterocycles. The minimum absolute atomic E-state index is 0. The Balaban J connectivity index is 0.00000112. The van der Waals surface area contributed by atoms with Gasteiger partial charge in [-0.2, -0.15) is 0 Å². The van der Waals surface area contributed by atoms with Crippen LogP contribution in [0.1, 0.15) is 0 Å². The zero-order chi connectivity index (χ0) is 9.80. The van der Waals surface area contributed by atoms with Gasteiger partial charge in [-0.05, 0) is 24.3 Å². The van der Waals surface area contributed by atoms with E-state index in [1.165, 1.54) is 0 Å². The van der Waals surface area contributed by atoms with Crippen molar-refractivity contribution in [2.24, 2.45) is 0 Å². The summed E-state index contributed by atoms with van der Waals surface area (Å²) in [5.74, 6) is 1.79. The Kier molecular flexibility index (Phi) is 4.06. The molecule has 0 aliphatic rings. The molecule has 0 atom stereocenters. The summed E-state index contributed by atoms with van der Waals surface area (Å²) >= 11 is 0. The molecule has 3 nitrogen and oxygen atoms in total. The second-order valence-corrected chi connectivity index (χ2v) is 2.93. The van der Waals surface area contributed by atoms with Crippen LogP contribution in [0.5, 0.6) is 0 Å². The van der Waals surface area contributed by atoms with E-state index in [0.29, 0.717) is 0 Å². The number of rotatable bonds is 2. The lowest BCUT2D eigenvalue weighted by atomic mass is 10.4.